The molecule has 0 N–H and O–H groups in total. The first-order valence-corrected chi connectivity index (χ1v) is 8.78. The Balaban J connectivity index is 1.60. The number of piperazine rings is 1. The molecule has 23 heavy (non-hydrogen) atoms. The van der Waals surface area contributed by atoms with Crippen molar-refractivity contribution in [2.75, 3.05) is 26.2 Å². The summed E-state index contributed by atoms with van der Waals surface area (Å²) in [6.45, 7) is 5.64. The molecular weight excluding hydrogens is 352 g/mol. The molecule has 1 fully saturated rings. The van der Waals surface area contributed by atoms with Crippen molar-refractivity contribution in [1.29, 1.82) is 0 Å². The molecule has 0 saturated carbocycles. The van der Waals surface area contributed by atoms with Crippen LogP contribution in [0.5, 0.6) is 0 Å². The van der Waals surface area contributed by atoms with Gasteiger partial charge in [-0.2, -0.15) is 0 Å². The van der Waals surface area contributed by atoms with Gasteiger partial charge in [-0.05, 0) is 36.8 Å². The minimum atomic E-state index is 0.129. The lowest BCUT2D eigenvalue weighted by atomic mass is 10.1. The molecule has 1 unspecified atom stereocenters. The Kier molecular flexibility index (Phi) is 5.13. The standard InChI is InChI=1S/C19H21BrN2O/c1-15(16-5-3-2-4-6-16)21-11-13-22(14-12-21)19(23)17-7-9-18(20)10-8-17/h2-10,15H,11-14H2,1H3. The first kappa shape index (κ1) is 16.2. The molecule has 3 nitrogen and oxygen atoms in total. The zero-order chi connectivity index (χ0) is 16.2. The molecule has 3 rings (SSSR count). The molecule has 1 aliphatic heterocycles. The zero-order valence-corrected chi connectivity index (χ0v) is 14.9. The summed E-state index contributed by atoms with van der Waals surface area (Å²) < 4.78 is 0.996. The molecule has 1 heterocycles. The fourth-order valence-electron chi connectivity index (χ4n) is 3.03. The van der Waals surface area contributed by atoms with E-state index < -0.39 is 0 Å². The van der Waals surface area contributed by atoms with Gasteiger partial charge in [0.25, 0.3) is 5.91 Å². The molecule has 2 aromatic rings. The number of amides is 1. The van der Waals surface area contributed by atoms with Gasteiger partial charge in [-0.1, -0.05) is 46.3 Å². The van der Waals surface area contributed by atoms with Gasteiger partial charge in [0, 0.05) is 42.3 Å². The number of benzene rings is 2. The third-order valence-corrected chi connectivity index (χ3v) is 5.05. The van der Waals surface area contributed by atoms with Crippen molar-refractivity contribution >= 4 is 21.8 Å². The Hall–Kier alpha value is -1.65. The van der Waals surface area contributed by atoms with Gasteiger partial charge < -0.3 is 4.90 Å². The Morgan fingerprint density at radius 3 is 2.17 bits per heavy atom. The molecule has 0 bridgehead atoms. The fraction of sp³-hybridized carbons (Fsp3) is 0.316. The topological polar surface area (TPSA) is 23.6 Å². The van der Waals surface area contributed by atoms with E-state index in [9.17, 15) is 4.79 Å². The molecule has 0 radical (unpaired) electrons. The van der Waals surface area contributed by atoms with Crippen molar-refractivity contribution in [2.45, 2.75) is 13.0 Å². The molecule has 1 aliphatic rings. The predicted molar refractivity (Wildman–Crippen MR) is 96.5 cm³/mol. The molecule has 0 aromatic heterocycles. The summed E-state index contributed by atoms with van der Waals surface area (Å²) >= 11 is 3.40. The van der Waals surface area contributed by atoms with Gasteiger partial charge in [0.15, 0.2) is 0 Å². The van der Waals surface area contributed by atoms with Crippen LogP contribution in [-0.4, -0.2) is 41.9 Å². The summed E-state index contributed by atoms with van der Waals surface area (Å²) in [5, 5.41) is 0. The number of rotatable bonds is 3. The van der Waals surface area contributed by atoms with Crippen LogP contribution in [0.4, 0.5) is 0 Å². The zero-order valence-electron chi connectivity index (χ0n) is 13.3. The van der Waals surface area contributed by atoms with Gasteiger partial charge >= 0.3 is 0 Å². The van der Waals surface area contributed by atoms with E-state index in [1.54, 1.807) is 0 Å². The lowest BCUT2D eigenvalue weighted by molar-refractivity contribution is 0.0582. The molecule has 4 heteroatoms. The maximum Gasteiger partial charge on any atom is 0.253 e. The number of carbonyl (C=O) groups is 1. The first-order valence-electron chi connectivity index (χ1n) is 7.99. The third-order valence-electron chi connectivity index (χ3n) is 4.52. The molecule has 1 atom stereocenters. The first-order chi connectivity index (χ1) is 11.1. The second kappa shape index (κ2) is 7.28. The van der Waals surface area contributed by atoms with E-state index in [4.69, 9.17) is 0 Å². The Morgan fingerprint density at radius 1 is 0.957 bits per heavy atom. The summed E-state index contributed by atoms with van der Waals surface area (Å²) in [5.41, 5.74) is 2.10. The monoisotopic (exact) mass is 372 g/mol. The van der Waals surface area contributed by atoms with E-state index in [2.05, 4.69) is 52.0 Å². The highest BCUT2D eigenvalue weighted by atomic mass is 79.9. The highest BCUT2D eigenvalue weighted by Gasteiger charge is 2.25. The van der Waals surface area contributed by atoms with Crippen molar-refractivity contribution in [3.63, 3.8) is 0 Å². The Labute approximate surface area is 146 Å². The maximum atomic E-state index is 12.5. The SMILES string of the molecule is CC(c1ccccc1)N1CCN(C(=O)c2ccc(Br)cc2)CC1. The van der Waals surface area contributed by atoms with Crippen molar-refractivity contribution in [3.8, 4) is 0 Å². The largest absolute Gasteiger partial charge is 0.336 e. The van der Waals surface area contributed by atoms with Crippen molar-refractivity contribution in [2.24, 2.45) is 0 Å². The second-order valence-corrected chi connectivity index (χ2v) is 6.84. The molecule has 1 saturated heterocycles. The lowest BCUT2D eigenvalue weighted by Crippen LogP contribution is -2.49. The minimum Gasteiger partial charge on any atom is -0.336 e. The molecule has 2 aromatic carbocycles. The summed E-state index contributed by atoms with van der Waals surface area (Å²) in [7, 11) is 0. The summed E-state index contributed by atoms with van der Waals surface area (Å²) in [6, 6.07) is 18.5. The minimum absolute atomic E-state index is 0.129. The average molecular weight is 373 g/mol. The van der Waals surface area contributed by atoms with Crippen LogP contribution < -0.4 is 0 Å². The highest BCUT2D eigenvalue weighted by molar-refractivity contribution is 9.10. The van der Waals surface area contributed by atoms with Gasteiger partial charge in [0.1, 0.15) is 0 Å². The summed E-state index contributed by atoms with van der Waals surface area (Å²) in [5.74, 6) is 0.129. The lowest BCUT2D eigenvalue weighted by Gasteiger charge is -2.38. The van der Waals surface area contributed by atoms with Gasteiger partial charge in [-0.3, -0.25) is 9.69 Å². The number of hydrogen-bond acceptors (Lipinski definition) is 2. The van der Waals surface area contributed by atoms with Crippen molar-refractivity contribution < 1.29 is 4.79 Å². The van der Waals surface area contributed by atoms with E-state index in [1.165, 1.54) is 5.56 Å². The van der Waals surface area contributed by atoms with Gasteiger partial charge in [-0.15, -0.1) is 0 Å². The number of carbonyl (C=O) groups excluding carboxylic acids is 1. The van der Waals surface area contributed by atoms with Crippen LogP contribution in [0, 0.1) is 0 Å². The molecule has 0 aliphatic carbocycles. The van der Waals surface area contributed by atoms with E-state index in [1.807, 2.05) is 35.2 Å². The molecular formula is C19H21BrN2O. The van der Waals surface area contributed by atoms with Crippen LogP contribution in [0.3, 0.4) is 0 Å². The van der Waals surface area contributed by atoms with Crippen LogP contribution in [0.15, 0.2) is 59.1 Å². The maximum absolute atomic E-state index is 12.5. The third kappa shape index (κ3) is 3.82. The van der Waals surface area contributed by atoms with Gasteiger partial charge in [0.05, 0.1) is 0 Å². The second-order valence-electron chi connectivity index (χ2n) is 5.92. The Bertz CT molecular complexity index is 649. The molecule has 1 amide bonds. The van der Waals surface area contributed by atoms with Crippen LogP contribution in [0.25, 0.3) is 0 Å². The number of halogens is 1. The highest BCUT2D eigenvalue weighted by Crippen LogP contribution is 2.22. The summed E-state index contributed by atoms with van der Waals surface area (Å²) in [4.78, 5) is 17.0. The van der Waals surface area contributed by atoms with E-state index >= 15 is 0 Å². The van der Waals surface area contributed by atoms with Crippen molar-refractivity contribution in [1.82, 2.24) is 9.80 Å². The van der Waals surface area contributed by atoms with E-state index in [0.29, 0.717) is 6.04 Å². The van der Waals surface area contributed by atoms with Crippen molar-refractivity contribution in [3.05, 3.63) is 70.2 Å². The normalized spacial score (nSPS) is 17.0. The number of hydrogen-bond donors (Lipinski definition) is 0. The Morgan fingerprint density at radius 2 is 1.57 bits per heavy atom. The number of nitrogens with zero attached hydrogens (tertiary/aromatic N) is 2. The van der Waals surface area contributed by atoms with Crippen LogP contribution in [-0.2, 0) is 0 Å². The molecule has 0 spiro atoms. The van der Waals surface area contributed by atoms with Gasteiger partial charge in [-0.25, -0.2) is 0 Å². The smallest absolute Gasteiger partial charge is 0.253 e. The van der Waals surface area contributed by atoms with Crippen LogP contribution in [0.2, 0.25) is 0 Å². The van der Waals surface area contributed by atoms with Crippen LogP contribution >= 0.6 is 15.9 Å². The quantitative estimate of drug-likeness (QED) is 0.813. The van der Waals surface area contributed by atoms with Gasteiger partial charge in [0.2, 0.25) is 0 Å². The van der Waals surface area contributed by atoms with Crippen LogP contribution in [0.1, 0.15) is 28.9 Å². The van der Waals surface area contributed by atoms with E-state index in [0.717, 1.165) is 36.2 Å². The predicted octanol–water partition coefficient (Wildman–Crippen LogP) is 3.97. The summed E-state index contributed by atoms with van der Waals surface area (Å²) in [6.07, 6.45) is 0. The molecule has 120 valence electrons. The average Bonchev–Trinajstić information content (AvgIpc) is 2.62. The van der Waals surface area contributed by atoms with E-state index in [-0.39, 0.29) is 5.91 Å². The fourth-order valence-corrected chi connectivity index (χ4v) is 3.29.